The van der Waals surface area contributed by atoms with E-state index in [1.165, 1.54) is 64.2 Å². The summed E-state index contributed by atoms with van der Waals surface area (Å²) in [5.41, 5.74) is 0.353. The van der Waals surface area contributed by atoms with Crippen molar-refractivity contribution in [2.45, 2.75) is 89.9 Å². The first-order valence-corrected chi connectivity index (χ1v) is 11.7. The van der Waals surface area contributed by atoms with E-state index < -0.39 is 0 Å². The first-order chi connectivity index (χ1) is 13.2. The predicted octanol–water partition coefficient (Wildman–Crippen LogP) is 4.38. The topological polar surface area (TPSA) is 40.6 Å². The van der Waals surface area contributed by atoms with Crippen LogP contribution < -0.4 is 0 Å². The van der Waals surface area contributed by atoms with Gasteiger partial charge in [-0.1, -0.05) is 38.5 Å². The fraction of sp³-hybridized carbons (Fsp3) is 0.913. The summed E-state index contributed by atoms with van der Waals surface area (Å²) in [5, 5.41) is 0. The fourth-order valence-electron chi connectivity index (χ4n) is 6.20. The molecule has 152 valence electrons. The van der Waals surface area contributed by atoms with Crippen LogP contribution in [0.2, 0.25) is 0 Å². The van der Waals surface area contributed by atoms with Crippen molar-refractivity contribution >= 4 is 11.8 Å². The summed E-state index contributed by atoms with van der Waals surface area (Å²) in [6.07, 6.45) is 16.5. The first-order valence-electron chi connectivity index (χ1n) is 11.7. The molecule has 4 nitrogen and oxygen atoms in total. The van der Waals surface area contributed by atoms with E-state index in [9.17, 15) is 9.59 Å². The van der Waals surface area contributed by atoms with Crippen molar-refractivity contribution in [1.82, 2.24) is 9.80 Å². The van der Waals surface area contributed by atoms with Crippen LogP contribution in [0.25, 0.3) is 0 Å². The van der Waals surface area contributed by atoms with E-state index in [4.69, 9.17) is 0 Å². The Labute approximate surface area is 165 Å². The van der Waals surface area contributed by atoms with E-state index >= 15 is 0 Å². The maximum atomic E-state index is 12.9. The van der Waals surface area contributed by atoms with E-state index in [-0.39, 0.29) is 0 Å². The highest BCUT2D eigenvalue weighted by molar-refractivity contribution is 5.77. The van der Waals surface area contributed by atoms with Crippen molar-refractivity contribution in [2.75, 3.05) is 26.2 Å². The average molecular weight is 375 g/mol. The van der Waals surface area contributed by atoms with Gasteiger partial charge in [0, 0.05) is 39.0 Å². The van der Waals surface area contributed by atoms with Gasteiger partial charge in [0.2, 0.25) is 11.8 Å². The van der Waals surface area contributed by atoms with Gasteiger partial charge in [-0.15, -0.1) is 0 Å². The van der Waals surface area contributed by atoms with Crippen LogP contribution in [0.15, 0.2) is 0 Å². The van der Waals surface area contributed by atoms with Gasteiger partial charge in [0.15, 0.2) is 0 Å². The summed E-state index contributed by atoms with van der Waals surface area (Å²) in [5.74, 6) is 2.08. The summed E-state index contributed by atoms with van der Waals surface area (Å²) in [7, 11) is 0. The predicted molar refractivity (Wildman–Crippen MR) is 107 cm³/mol. The van der Waals surface area contributed by atoms with Gasteiger partial charge in [-0.25, -0.2) is 0 Å². The second kappa shape index (κ2) is 8.53. The summed E-state index contributed by atoms with van der Waals surface area (Å²) >= 11 is 0. The average Bonchev–Trinajstić information content (AvgIpc) is 3.32. The molecule has 1 unspecified atom stereocenters. The second-order valence-electron chi connectivity index (χ2n) is 9.86. The molecule has 2 aliphatic carbocycles. The van der Waals surface area contributed by atoms with Gasteiger partial charge < -0.3 is 9.80 Å². The number of carbonyl (C=O) groups is 2. The SMILES string of the molecule is O=C(CCC1CN(C(=O)CCC2CCCCC2)CC12CCC2)N1CCCC1. The Kier molecular flexibility index (Phi) is 6.08. The molecule has 2 amide bonds. The molecule has 1 spiro atoms. The van der Waals surface area contributed by atoms with Crippen LogP contribution in [0.5, 0.6) is 0 Å². The number of carbonyl (C=O) groups excluding carboxylic acids is 2. The monoisotopic (exact) mass is 374 g/mol. The maximum Gasteiger partial charge on any atom is 0.222 e. The Bertz CT molecular complexity index is 530. The largest absolute Gasteiger partial charge is 0.343 e. The van der Waals surface area contributed by atoms with Crippen LogP contribution >= 0.6 is 0 Å². The minimum Gasteiger partial charge on any atom is -0.343 e. The van der Waals surface area contributed by atoms with Gasteiger partial charge in [-0.05, 0) is 55.8 Å². The maximum absolute atomic E-state index is 12.9. The Hall–Kier alpha value is -1.06. The zero-order chi connectivity index (χ0) is 18.7. The molecule has 0 bridgehead atoms. The molecule has 0 N–H and O–H groups in total. The summed E-state index contributed by atoms with van der Waals surface area (Å²) in [4.78, 5) is 29.5. The molecule has 2 heterocycles. The molecule has 4 fully saturated rings. The Morgan fingerprint density at radius 2 is 1.44 bits per heavy atom. The normalized spacial score (nSPS) is 27.9. The lowest BCUT2D eigenvalue weighted by molar-refractivity contribution is -0.131. The molecule has 2 saturated carbocycles. The van der Waals surface area contributed by atoms with Crippen molar-refractivity contribution in [3.63, 3.8) is 0 Å². The van der Waals surface area contributed by atoms with Crippen molar-refractivity contribution in [1.29, 1.82) is 0 Å². The molecule has 2 saturated heterocycles. The lowest BCUT2D eigenvalue weighted by Crippen LogP contribution is -2.39. The van der Waals surface area contributed by atoms with E-state index in [1.807, 2.05) is 0 Å². The van der Waals surface area contributed by atoms with Gasteiger partial charge in [-0.3, -0.25) is 9.59 Å². The molecule has 27 heavy (non-hydrogen) atoms. The van der Waals surface area contributed by atoms with Gasteiger partial charge in [0.05, 0.1) is 0 Å². The van der Waals surface area contributed by atoms with Crippen molar-refractivity contribution in [3.05, 3.63) is 0 Å². The van der Waals surface area contributed by atoms with Crippen LogP contribution in [0, 0.1) is 17.3 Å². The molecule has 2 aliphatic heterocycles. The molecular weight excluding hydrogens is 336 g/mol. The third kappa shape index (κ3) is 4.35. The zero-order valence-corrected chi connectivity index (χ0v) is 17.1. The smallest absolute Gasteiger partial charge is 0.222 e. The molecule has 4 rings (SSSR count). The number of nitrogens with zero attached hydrogens (tertiary/aromatic N) is 2. The van der Waals surface area contributed by atoms with Gasteiger partial charge in [-0.2, -0.15) is 0 Å². The molecular formula is C23H38N2O2. The van der Waals surface area contributed by atoms with Gasteiger partial charge >= 0.3 is 0 Å². The number of likely N-dealkylation sites (tertiary alicyclic amines) is 2. The van der Waals surface area contributed by atoms with Crippen molar-refractivity contribution < 1.29 is 9.59 Å². The highest BCUT2D eigenvalue weighted by Gasteiger charge is 2.50. The van der Waals surface area contributed by atoms with Crippen molar-refractivity contribution in [3.8, 4) is 0 Å². The minimum absolute atomic E-state index is 0.351. The molecule has 4 heteroatoms. The van der Waals surface area contributed by atoms with E-state index in [2.05, 4.69) is 9.80 Å². The lowest BCUT2D eigenvalue weighted by Gasteiger charge is -2.43. The quantitative estimate of drug-likeness (QED) is 0.692. The third-order valence-corrected chi connectivity index (χ3v) is 8.17. The van der Waals surface area contributed by atoms with E-state index in [0.717, 1.165) is 51.4 Å². The highest BCUT2D eigenvalue weighted by Crippen LogP contribution is 2.53. The molecule has 1 atom stereocenters. The number of hydrogen-bond donors (Lipinski definition) is 0. The minimum atomic E-state index is 0.351. The number of hydrogen-bond acceptors (Lipinski definition) is 2. The van der Waals surface area contributed by atoms with Gasteiger partial charge in [0.1, 0.15) is 0 Å². The Morgan fingerprint density at radius 1 is 0.778 bits per heavy atom. The molecule has 4 aliphatic rings. The number of amides is 2. The van der Waals surface area contributed by atoms with Crippen LogP contribution in [0.4, 0.5) is 0 Å². The molecule has 0 aromatic rings. The van der Waals surface area contributed by atoms with E-state index in [0.29, 0.717) is 29.6 Å². The fourth-order valence-corrected chi connectivity index (χ4v) is 6.20. The first kappa shape index (κ1) is 19.3. The standard InChI is InChI=1S/C23H38N2O2/c26-21(24-15-4-5-16-24)12-10-20-17-25(18-23(20)13-6-14-23)22(27)11-9-19-7-2-1-3-8-19/h19-20H,1-18H2. The third-order valence-electron chi connectivity index (χ3n) is 8.17. The van der Waals surface area contributed by atoms with Crippen LogP contribution in [-0.4, -0.2) is 47.8 Å². The van der Waals surface area contributed by atoms with Crippen LogP contribution in [0.3, 0.4) is 0 Å². The zero-order valence-electron chi connectivity index (χ0n) is 17.1. The molecule has 0 aromatic carbocycles. The second-order valence-corrected chi connectivity index (χ2v) is 9.86. The lowest BCUT2D eigenvalue weighted by atomic mass is 9.62. The highest BCUT2D eigenvalue weighted by atomic mass is 16.2. The van der Waals surface area contributed by atoms with E-state index in [1.54, 1.807) is 0 Å². The van der Waals surface area contributed by atoms with Gasteiger partial charge in [0.25, 0.3) is 0 Å². The van der Waals surface area contributed by atoms with Crippen molar-refractivity contribution in [2.24, 2.45) is 17.3 Å². The molecule has 0 aromatic heterocycles. The summed E-state index contributed by atoms with van der Waals surface area (Å²) in [6, 6.07) is 0. The number of rotatable bonds is 6. The Balaban J connectivity index is 1.26. The van der Waals surface area contributed by atoms with Crippen LogP contribution in [0.1, 0.15) is 89.9 Å². The summed E-state index contributed by atoms with van der Waals surface area (Å²) < 4.78 is 0. The molecule has 0 radical (unpaired) electrons. The summed E-state index contributed by atoms with van der Waals surface area (Å²) in [6.45, 7) is 3.80. The Morgan fingerprint density at radius 3 is 2.11 bits per heavy atom. The van der Waals surface area contributed by atoms with Crippen LogP contribution in [-0.2, 0) is 9.59 Å².